The number of carbonyl (C=O) groups is 2. The van der Waals surface area contributed by atoms with E-state index in [1.165, 1.54) is 6.07 Å². The van der Waals surface area contributed by atoms with Crippen molar-refractivity contribution in [2.24, 2.45) is 5.73 Å². The van der Waals surface area contributed by atoms with Gasteiger partial charge in [0.25, 0.3) is 0 Å². The molecule has 0 saturated carbocycles. The second-order valence-corrected chi connectivity index (χ2v) is 6.09. The summed E-state index contributed by atoms with van der Waals surface area (Å²) in [6.07, 6.45) is -4.61. The maximum Gasteiger partial charge on any atom is 0.491 e. The van der Waals surface area contributed by atoms with Crippen LogP contribution in [0.4, 0.5) is 24.9 Å². The predicted molar refractivity (Wildman–Crippen MR) is 99.3 cm³/mol. The van der Waals surface area contributed by atoms with Gasteiger partial charge in [0.1, 0.15) is 17.0 Å². The van der Waals surface area contributed by atoms with E-state index in [1.807, 2.05) is 30.3 Å². The van der Waals surface area contributed by atoms with E-state index in [2.05, 4.69) is 25.3 Å². The van der Waals surface area contributed by atoms with E-state index >= 15 is 0 Å². The van der Waals surface area contributed by atoms with Gasteiger partial charge in [-0.1, -0.05) is 41.9 Å². The highest BCUT2D eigenvalue weighted by molar-refractivity contribution is 6.29. The molecule has 8 nitrogen and oxygen atoms in total. The number of hydrogen-bond acceptors (Lipinski definition) is 8. The van der Waals surface area contributed by atoms with E-state index in [9.17, 15) is 22.8 Å². The molecule has 1 atom stereocenters. The highest BCUT2D eigenvalue weighted by Gasteiger charge is 2.43. The van der Waals surface area contributed by atoms with Crippen LogP contribution in [0, 0.1) is 0 Å². The molecular weight excluding hydrogens is 415 g/mol. The average molecular weight is 432 g/mol. The zero-order valence-electron chi connectivity index (χ0n) is 14.9. The lowest BCUT2D eigenvalue weighted by atomic mass is 10.1. The molecule has 4 N–H and O–H groups in total. The largest absolute Gasteiger partial charge is 0.491 e. The van der Waals surface area contributed by atoms with Gasteiger partial charge in [0, 0.05) is 19.2 Å². The maximum absolute atomic E-state index is 12.2. The third kappa shape index (κ3) is 7.20. The number of ether oxygens (including phenoxy) is 1. The van der Waals surface area contributed by atoms with Gasteiger partial charge in [-0.05, 0) is 12.0 Å². The Kier molecular flexibility index (Phi) is 7.74. The molecule has 1 aromatic carbocycles. The Morgan fingerprint density at radius 1 is 1.21 bits per heavy atom. The standard InChI is InChI=1S/C17H17ClF3N5O3/c18-12-8-13(23-7-6-10-4-2-1-3-5-10)26-16(25-12)24-11(9-22)14(27)29-15(28)17(19,20)21/h1-5,8,11H,6-7,9,22H2,(H2,23,24,25,26)/t11-/m0/s1. The first-order valence-corrected chi connectivity index (χ1v) is 8.68. The average Bonchev–Trinajstić information content (AvgIpc) is 2.65. The Labute approximate surface area is 168 Å². The molecule has 2 aromatic rings. The SMILES string of the molecule is NC[C@H](Nc1nc(Cl)cc(NCCc2ccccc2)n1)C(=O)OC(=O)C(F)(F)F. The van der Waals surface area contributed by atoms with Crippen LogP contribution in [0.15, 0.2) is 36.4 Å². The molecule has 0 radical (unpaired) electrons. The molecule has 12 heteroatoms. The molecule has 2 rings (SSSR count). The third-order valence-electron chi connectivity index (χ3n) is 3.51. The Morgan fingerprint density at radius 2 is 1.90 bits per heavy atom. The van der Waals surface area contributed by atoms with Gasteiger partial charge in [-0.2, -0.15) is 18.2 Å². The van der Waals surface area contributed by atoms with Crippen molar-refractivity contribution in [3.8, 4) is 0 Å². The molecule has 0 spiro atoms. The molecular formula is C17H17ClF3N5O3. The molecule has 0 saturated heterocycles. The summed E-state index contributed by atoms with van der Waals surface area (Å²) in [5, 5.41) is 5.44. The fourth-order valence-electron chi connectivity index (χ4n) is 2.14. The normalized spacial score (nSPS) is 12.2. The van der Waals surface area contributed by atoms with Crippen LogP contribution in [0.5, 0.6) is 0 Å². The van der Waals surface area contributed by atoms with E-state index in [1.54, 1.807) is 0 Å². The number of nitrogens with two attached hydrogens (primary N) is 1. The van der Waals surface area contributed by atoms with Crippen LogP contribution < -0.4 is 16.4 Å². The molecule has 0 aliphatic heterocycles. The minimum Gasteiger partial charge on any atom is -0.385 e. The molecule has 1 aromatic heterocycles. The van der Waals surface area contributed by atoms with Crippen LogP contribution >= 0.6 is 11.6 Å². The van der Waals surface area contributed by atoms with Crippen molar-refractivity contribution in [3.63, 3.8) is 0 Å². The number of alkyl halides is 3. The predicted octanol–water partition coefficient (Wildman–Crippen LogP) is 2.16. The fraction of sp³-hybridized carbons (Fsp3) is 0.294. The summed E-state index contributed by atoms with van der Waals surface area (Å²) in [4.78, 5) is 30.4. The lowest BCUT2D eigenvalue weighted by molar-refractivity contribution is -0.202. The smallest absolute Gasteiger partial charge is 0.385 e. The summed E-state index contributed by atoms with van der Waals surface area (Å²) in [6, 6.07) is 9.59. The van der Waals surface area contributed by atoms with E-state index in [0.717, 1.165) is 5.56 Å². The zero-order chi connectivity index (χ0) is 21.4. The number of rotatable bonds is 8. The first-order chi connectivity index (χ1) is 13.7. The quantitative estimate of drug-likeness (QED) is 0.330. The Bertz CT molecular complexity index is 852. The van der Waals surface area contributed by atoms with Gasteiger partial charge in [0.2, 0.25) is 5.95 Å². The fourth-order valence-corrected chi connectivity index (χ4v) is 2.33. The Hall–Kier alpha value is -2.92. The highest BCUT2D eigenvalue weighted by atomic mass is 35.5. The number of anilines is 2. The summed E-state index contributed by atoms with van der Waals surface area (Å²) in [7, 11) is 0. The van der Waals surface area contributed by atoms with Crippen LogP contribution in [0.2, 0.25) is 5.15 Å². The molecule has 0 aliphatic carbocycles. The molecule has 1 heterocycles. The molecule has 0 fully saturated rings. The van der Waals surface area contributed by atoms with Gasteiger partial charge in [-0.3, -0.25) is 0 Å². The van der Waals surface area contributed by atoms with Crippen molar-refractivity contribution < 1.29 is 27.5 Å². The van der Waals surface area contributed by atoms with Crippen LogP contribution in [-0.4, -0.2) is 47.2 Å². The maximum atomic E-state index is 12.2. The number of halogens is 4. The van der Waals surface area contributed by atoms with Gasteiger partial charge < -0.3 is 21.1 Å². The topological polar surface area (TPSA) is 119 Å². The first-order valence-electron chi connectivity index (χ1n) is 8.31. The monoisotopic (exact) mass is 431 g/mol. The number of hydrogen-bond donors (Lipinski definition) is 3. The Morgan fingerprint density at radius 3 is 2.52 bits per heavy atom. The van der Waals surface area contributed by atoms with E-state index in [4.69, 9.17) is 17.3 Å². The van der Waals surface area contributed by atoms with Gasteiger partial charge >= 0.3 is 18.1 Å². The number of carbonyl (C=O) groups excluding carboxylic acids is 2. The second kappa shape index (κ2) is 10.0. The van der Waals surface area contributed by atoms with Gasteiger partial charge in [-0.25, -0.2) is 14.6 Å². The number of aromatic nitrogens is 2. The molecule has 0 bridgehead atoms. The van der Waals surface area contributed by atoms with Crippen molar-refractivity contribution in [1.82, 2.24) is 9.97 Å². The van der Waals surface area contributed by atoms with Crippen LogP contribution in [0.3, 0.4) is 0 Å². The number of nitrogens with one attached hydrogen (secondary N) is 2. The molecule has 156 valence electrons. The van der Waals surface area contributed by atoms with Crippen LogP contribution in [0.1, 0.15) is 5.56 Å². The van der Waals surface area contributed by atoms with Crippen molar-refractivity contribution in [3.05, 3.63) is 47.1 Å². The van der Waals surface area contributed by atoms with Gasteiger partial charge in [-0.15, -0.1) is 0 Å². The van der Waals surface area contributed by atoms with Crippen LogP contribution in [0.25, 0.3) is 0 Å². The van der Waals surface area contributed by atoms with Gasteiger partial charge in [0.05, 0.1) is 0 Å². The summed E-state index contributed by atoms with van der Waals surface area (Å²) >= 11 is 5.91. The van der Waals surface area contributed by atoms with E-state index in [0.29, 0.717) is 18.8 Å². The van der Waals surface area contributed by atoms with Crippen LogP contribution in [-0.2, 0) is 20.7 Å². The van der Waals surface area contributed by atoms with E-state index < -0.39 is 30.7 Å². The first kappa shape index (κ1) is 22.4. The number of benzene rings is 1. The van der Waals surface area contributed by atoms with E-state index in [-0.39, 0.29) is 11.1 Å². The zero-order valence-corrected chi connectivity index (χ0v) is 15.6. The molecule has 0 amide bonds. The highest BCUT2D eigenvalue weighted by Crippen LogP contribution is 2.18. The van der Waals surface area contributed by atoms with Crippen molar-refractivity contribution in [1.29, 1.82) is 0 Å². The van der Waals surface area contributed by atoms with Crippen molar-refractivity contribution in [2.75, 3.05) is 23.7 Å². The number of nitrogens with zero attached hydrogens (tertiary/aromatic N) is 2. The minimum atomic E-state index is -5.31. The number of esters is 2. The molecule has 0 unspecified atom stereocenters. The van der Waals surface area contributed by atoms with Crippen molar-refractivity contribution >= 4 is 35.3 Å². The Balaban J connectivity index is 1.99. The summed E-state index contributed by atoms with van der Waals surface area (Å²) in [5.74, 6) is -4.01. The lowest BCUT2D eigenvalue weighted by Crippen LogP contribution is -2.41. The van der Waals surface area contributed by atoms with Crippen molar-refractivity contribution in [2.45, 2.75) is 18.6 Å². The summed E-state index contributed by atoms with van der Waals surface area (Å²) < 4.78 is 40.4. The summed E-state index contributed by atoms with van der Waals surface area (Å²) in [6.45, 7) is 0.0376. The second-order valence-electron chi connectivity index (χ2n) is 5.70. The lowest BCUT2D eigenvalue weighted by Gasteiger charge is -2.16. The molecule has 29 heavy (non-hydrogen) atoms. The molecule has 0 aliphatic rings. The third-order valence-corrected chi connectivity index (χ3v) is 3.70. The minimum absolute atomic E-state index is 0.0141. The summed E-state index contributed by atoms with van der Waals surface area (Å²) in [5.41, 5.74) is 6.46. The van der Waals surface area contributed by atoms with Gasteiger partial charge in [0.15, 0.2) is 0 Å².